The summed E-state index contributed by atoms with van der Waals surface area (Å²) >= 11 is 1.67. The van der Waals surface area contributed by atoms with Crippen LogP contribution in [-0.4, -0.2) is 87.5 Å². The average Bonchev–Trinajstić information content (AvgIpc) is 3.71. The fraction of sp³-hybridized carbons (Fsp3) is 0.525. The summed E-state index contributed by atoms with van der Waals surface area (Å²) in [4.78, 5) is 52.4. The molecular formula is C40H54N4O4S. The minimum Gasteiger partial charge on any atom is -0.394 e. The van der Waals surface area contributed by atoms with E-state index in [-0.39, 0.29) is 48.0 Å². The number of likely N-dealkylation sites (tertiary alicyclic amines) is 1. The second kappa shape index (κ2) is 15.5. The number of nitrogens with zero attached hydrogens (tertiary/aromatic N) is 4. The van der Waals surface area contributed by atoms with Gasteiger partial charge in [0.1, 0.15) is 6.04 Å². The van der Waals surface area contributed by atoms with Crippen LogP contribution in [0.4, 0.5) is 11.4 Å². The standard InChI is InChI=1S/C40H54N4O4S/c1-8-22-42(25-29-16-14-13-15-17-29)37(46)34-33-24-28(7)40(49-33)35(34)38(47)44(32(26-45)27(6)10-3)36(40)39(48)43(23-9-2)31-20-18-30(19-21-31)41(11-4)12-5/h8-9,13-21,27-28,32-36,45H,1-2,10-12,22-26H2,3-7H3/t27-,28?,32-,33-,34+,35-,36?,40?/m0/s1. The van der Waals surface area contributed by atoms with E-state index in [0.29, 0.717) is 13.1 Å². The van der Waals surface area contributed by atoms with Gasteiger partial charge in [0.25, 0.3) is 5.91 Å². The molecule has 8 atom stereocenters. The molecule has 3 aliphatic heterocycles. The lowest BCUT2D eigenvalue weighted by Crippen LogP contribution is -2.60. The van der Waals surface area contributed by atoms with Crippen molar-refractivity contribution in [1.29, 1.82) is 0 Å². The van der Waals surface area contributed by atoms with Gasteiger partial charge in [0, 0.05) is 49.3 Å². The molecule has 3 fully saturated rings. The lowest BCUT2D eigenvalue weighted by molar-refractivity contribution is -0.146. The molecule has 2 bridgehead atoms. The molecule has 49 heavy (non-hydrogen) atoms. The van der Waals surface area contributed by atoms with Crippen molar-refractivity contribution in [3.8, 4) is 0 Å². The molecular weight excluding hydrogens is 633 g/mol. The Morgan fingerprint density at radius 1 is 1.00 bits per heavy atom. The zero-order valence-electron chi connectivity index (χ0n) is 29.8. The second-order valence-corrected chi connectivity index (χ2v) is 15.4. The van der Waals surface area contributed by atoms with E-state index < -0.39 is 28.7 Å². The maximum Gasteiger partial charge on any atom is 0.251 e. The molecule has 3 heterocycles. The van der Waals surface area contributed by atoms with Gasteiger partial charge in [-0.05, 0) is 61.9 Å². The highest BCUT2D eigenvalue weighted by molar-refractivity contribution is 8.02. The smallest absolute Gasteiger partial charge is 0.251 e. The SMILES string of the molecule is C=CCN(Cc1ccccc1)C(=O)[C@@H]1[C@@H]2CC(C)C3(S2)C(C(=O)N(CC=C)c2ccc(N(CC)CC)cc2)N([C@@H](CO)[C@@H](C)CC)C(=O)[C@H]13. The third-order valence-electron chi connectivity index (χ3n) is 11.3. The Kier molecular flexibility index (Phi) is 11.6. The van der Waals surface area contributed by atoms with Crippen molar-refractivity contribution >= 4 is 40.9 Å². The highest BCUT2D eigenvalue weighted by atomic mass is 32.2. The van der Waals surface area contributed by atoms with E-state index in [4.69, 9.17) is 0 Å². The van der Waals surface area contributed by atoms with Gasteiger partial charge in [0.15, 0.2) is 0 Å². The van der Waals surface area contributed by atoms with Crippen molar-refractivity contribution < 1.29 is 19.5 Å². The molecule has 0 aromatic heterocycles. The normalized spacial score (nSPS) is 26.6. The molecule has 2 aromatic carbocycles. The largest absolute Gasteiger partial charge is 0.394 e. The number of thioether (sulfide) groups is 1. The van der Waals surface area contributed by atoms with E-state index in [0.717, 1.165) is 42.9 Å². The second-order valence-electron chi connectivity index (χ2n) is 13.9. The number of aliphatic hydroxyl groups is 1. The van der Waals surface area contributed by atoms with Gasteiger partial charge in [-0.3, -0.25) is 14.4 Å². The molecule has 0 saturated carbocycles. The Bertz CT molecular complexity index is 1500. The molecule has 3 aliphatic rings. The van der Waals surface area contributed by atoms with Crippen LogP contribution in [-0.2, 0) is 20.9 Å². The first kappa shape index (κ1) is 36.7. The maximum atomic E-state index is 15.2. The fourth-order valence-electron chi connectivity index (χ4n) is 8.63. The van der Waals surface area contributed by atoms with E-state index >= 15 is 9.59 Å². The summed E-state index contributed by atoms with van der Waals surface area (Å²) in [5, 5.41) is 10.8. The molecule has 3 unspecified atom stereocenters. The lowest BCUT2D eigenvalue weighted by Gasteiger charge is -2.43. The number of rotatable bonds is 16. The molecule has 0 aliphatic carbocycles. The quantitative estimate of drug-likeness (QED) is 0.218. The van der Waals surface area contributed by atoms with Crippen LogP contribution in [0, 0.1) is 23.7 Å². The molecule has 5 rings (SSSR count). The predicted octanol–water partition coefficient (Wildman–Crippen LogP) is 6.01. The van der Waals surface area contributed by atoms with E-state index in [2.05, 4.69) is 38.8 Å². The monoisotopic (exact) mass is 686 g/mol. The van der Waals surface area contributed by atoms with Crippen LogP contribution in [0.25, 0.3) is 0 Å². The molecule has 1 spiro atoms. The highest BCUT2D eigenvalue weighted by Gasteiger charge is 2.77. The summed E-state index contributed by atoms with van der Waals surface area (Å²) in [7, 11) is 0. The van der Waals surface area contributed by atoms with Gasteiger partial charge in [-0.2, -0.15) is 0 Å². The van der Waals surface area contributed by atoms with Gasteiger partial charge in [0.2, 0.25) is 11.8 Å². The molecule has 3 saturated heterocycles. The first-order valence-electron chi connectivity index (χ1n) is 17.9. The van der Waals surface area contributed by atoms with Gasteiger partial charge in [0.05, 0.1) is 29.2 Å². The summed E-state index contributed by atoms with van der Waals surface area (Å²) in [6.45, 7) is 20.9. The maximum absolute atomic E-state index is 15.2. The number of aliphatic hydroxyl groups excluding tert-OH is 1. The number of benzene rings is 2. The fourth-order valence-corrected chi connectivity index (χ4v) is 11.0. The van der Waals surface area contributed by atoms with Gasteiger partial charge >= 0.3 is 0 Å². The van der Waals surface area contributed by atoms with E-state index in [1.807, 2.05) is 68.4 Å². The predicted molar refractivity (Wildman–Crippen MR) is 200 cm³/mol. The topological polar surface area (TPSA) is 84.4 Å². The van der Waals surface area contributed by atoms with Crippen molar-refractivity contribution in [2.24, 2.45) is 23.7 Å². The highest BCUT2D eigenvalue weighted by Crippen LogP contribution is 2.69. The minimum absolute atomic E-state index is 0.00771. The molecule has 0 radical (unpaired) electrons. The summed E-state index contributed by atoms with van der Waals surface area (Å²) in [5.74, 6) is -1.74. The van der Waals surface area contributed by atoms with Crippen LogP contribution in [0.5, 0.6) is 0 Å². The average molecular weight is 687 g/mol. The van der Waals surface area contributed by atoms with Crippen LogP contribution >= 0.6 is 11.8 Å². The van der Waals surface area contributed by atoms with Crippen LogP contribution in [0.1, 0.15) is 53.0 Å². The number of amides is 3. The number of carbonyl (C=O) groups excluding carboxylic acids is 3. The molecule has 8 nitrogen and oxygen atoms in total. The van der Waals surface area contributed by atoms with Gasteiger partial charge in [-0.15, -0.1) is 24.9 Å². The summed E-state index contributed by atoms with van der Waals surface area (Å²) < 4.78 is -0.812. The van der Waals surface area contributed by atoms with Crippen molar-refractivity contribution in [2.45, 2.75) is 76.1 Å². The van der Waals surface area contributed by atoms with Crippen molar-refractivity contribution in [3.05, 3.63) is 85.5 Å². The van der Waals surface area contributed by atoms with Crippen molar-refractivity contribution in [3.63, 3.8) is 0 Å². The lowest BCUT2D eigenvalue weighted by atomic mass is 9.65. The van der Waals surface area contributed by atoms with E-state index in [1.54, 1.807) is 38.6 Å². The zero-order chi connectivity index (χ0) is 35.5. The van der Waals surface area contributed by atoms with E-state index in [9.17, 15) is 9.90 Å². The Morgan fingerprint density at radius 3 is 2.20 bits per heavy atom. The van der Waals surface area contributed by atoms with Crippen molar-refractivity contribution in [1.82, 2.24) is 9.80 Å². The van der Waals surface area contributed by atoms with Crippen LogP contribution < -0.4 is 9.80 Å². The summed E-state index contributed by atoms with van der Waals surface area (Å²) in [6.07, 6.45) is 4.92. The Morgan fingerprint density at radius 2 is 1.63 bits per heavy atom. The third-order valence-corrected chi connectivity index (χ3v) is 13.4. The van der Waals surface area contributed by atoms with Gasteiger partial charge in [-0.25, -0.2) is 0 Å². The van der Waals surface area contributed by atoms with Crippen LogP contribution in [0.15, 0.2) is 79.9 Å². The van der Waals surface area contributed by atoms with Crippen LogP contribution in [0.3, 0.4) is 0 Å². The molecule has 264 valence electrons. The van der Waals surface area contributed by atoms with Crippen LogP contribution in [0.2, 0.25) is 0 Å². The van der Waals surface area contributed by atoms with E-state index in [1.165, 1.54) is 0 Å². The first-order chi connectivity index (χ1) is 23.6. The molecule has 2 aromatic rings. The summed E-state index contributed by atoms with van der Waals surface area (Å²) in [5.41, 5.74) is 2.82. The third kappa shape index (κ3) is 6.45. The molecule has 9 heteroatoms. The summed E-state index contributed by atoms with van der Waals surface area (Å²) in [6, 6.07) is 16.5. The number of hydrogen-bond acceptors (Lipinski definition) is 6. The Labute approximate surface area is 297 Å². The molecule has 1 N–H and O–H groups in total. The van der Waals surface area contributed by atoms with Crippen molar-refractivity contribution in [2.75, 3.05) is 42.6 Å². The number of hydrogen-bond donors (Lipinski definition) is 1. The zero-order valence-corrected chi connectivity index (χ0v) is 30.6. The first-order valence-corrected chi connectivity index (χ1v) is 18.8. The number of carbonyl (C=O) groups is 3. The number of fused-ring (bicyclic) bond motifs is 1. The molecule has 3 amide bonds. The Hall–Kier alpha value is -3.56. The number of anilines is 2. The Balaban J connectivity index is 1.59. The van der Waals surface area contributed by atoms with Gasteiger partial charge in [-0.1, -0.05) is 69.7 Å². The van der Waals surface area contributed by atoms with Gasteiger partial charge < -0.3 is 24.7 Å². The minimum atomic E-state index is -0.844.